The molecule has 0 saturated heterocycles. The number of anilines is 4. The highest BCUT2D eigenvalue weighted by Crippen LogP contribution is 2.33. The van der Waals surface area contributed by atoms with E-state index >= 15 is 0 Å². The van der Waals surface area contributed by atoms with E-state index < -0.39 is 0 Å². The zero-order chi connectivity index (χ0) is 17.2. The van der Waals surface area contributed by atoms with Gasteiger partial charge in [0.15, 0.2) is 0 Å². The molecule has 0 unspecified atom stereocenters. The van der Waals surface area contributed by atoms with E-state index in [1.54, 1.807) is 11.3 Å². The molecule has 0 bridgehead atoms. The first-order chi connectivity index (χ1) is 12.2. The third-order valence-corrected chi connectivity index (χ3v) is 4.95. The van der Waals surface area contributed by atoms with Gasteiger partial charge in [-0.3, -0.25) is 0 Å². The van der Waals surface area contributed by atoms with Crippen LogP contribution in [0.15, 0.2) is 66.7 Å². The summed E-state index contributed by atoms with van der Waals surface area (Å²) in [5, 5.41) is 0.857. The minimum Gasteiger partial charge on any atom is -0.383 e. The Morgan fingerprint density at radius 2 is 1.44 bits per heavy atom. The smallest absolute Gasteiger partial charge is 0.223 e. The summed E-state index contributed by atoms with van der Waals surface area (Å²) in [7, 11) is 0. The zero-order valence-corrected chi connectivity index (χ0v) is 14.3. The molecule has 25 heavy (non-hydrogen) atoms. The van der Waals surface area contributed by atoms with Gasteiger partial charge in [0.05, 0.1) is 11.9 Å². The van der Waals surface area contributed by atoms with Crippen LogP contribution in [0.25, 0.3) is 10.2 Å². The fraction of sp³-hybridized carbons (Fsp3) is 0.0526. The van der Waals surface area contributed by atoms with E-state index in [9.17, 15) is 0 Å². The highest BCUT2D eigenvalue weighted by atomic mass is 32.1. The first-order valence-electron chi connectivity index (χ1n) is 7.90. The number of hydrogen-bond donors (Lipinski definition) is 2. The van der Waals surface area contributed by atoms with E-state index in [2.05, 4.69) is 39.1 Å². The molecule has 0 aliphatic carbocycles. The number of hydrogen-bond acceptors (Lipinski definition) is 6. The largest absolute Gasteiger partial charge is 0.383 e. The molecule has 2 heterocycles. The Morgan fingerprint density at radius 3 is 2.04 bits per heavy atom. The number of nitrogen functional groups attached to an aromatic ring is 2. The first-order valence-corrected chi connectivity index (χ1v) is 8.71. The summed E-state index contributed by atoms with van der Waals surface area (Å²) in [5.41, 5.74) is 14.0. The molecular formula is C19H17N5S. The maximum atomic E-state index is 5.99. The normalized spacial score (nSPS) is 10.9. The molecular weight excluding hydrogens is 330 g/mol. The van der Waals surface area contributed by atoms with Crippen LogP contribution in [-0.4, -0.2) is 9.97 Å². The predicted molar refractivity (Wildman–Crippen MR) is 105 cm³/mol. The topological polar surface area (TPSA) is 81.1 Å². The van der Waals surface area contributed by atoms with Crippen LogP contribution < -0.4 is 16.4 Å². The van der Waals surface area contributed by atoms with Gasteiger partial charge in [-0.15, -0.1) is 11.3 Å². The second-order valence-electron chi connectivity index (χ2n) is 5.66. The number of para-hydroxylation sites is 2. The summed E-state index contributed by atoms with van der Waals surface area (Å²) < 4.78 is 0. The second kappa shape index (κ2) is 6.41. The first kappa shape index (κ1) is 15.4. The molecule has 4 N–H and O–H groups in total. The van der Waals surface area contributed by atoms with Crippen LogP contribution in [0.1, 0.15) is 4.88 Å². The van der Waals surface area contributed by atoms with E-state index in [0.717, 1.165) is 26.5 Å². The molecule has 0 aliphatic rings. The molecule has 124 valence electrons. The molecule has 0 fully saturated rings. The van der Waals surface area contributed by atoms with Gasteiger partial charge in [-0.25, -0.2) is 4.98 Å². The van der Waals surface area contributed by atoms with E-state index in [4.69, 9.17) is 11.5 Å². The molecule has 4 aromatic rings. The number of thiophene rings is 1. The predicted octanol–water partition coefficient (Wildman–Crippen LogP) is 4.19. The molecule has 2 aromatic carbocycles. The standard InChI is InChI=1S/C19H17N5S/c20-17-16-11-15(25-18(16)23-19(21)22-17)12-24(13-7-3-1-4-8-13)14-9-5-2-6-10-14/h1-11H,12H2,(H4,20,21,22,23). The number of rotatable bonds is 4. The van der Waals surface area contributed by atoms with Crippen molar-refractivity contribution in [3.8, 4) is 0 Å². The fourth-order valence-electron chi connectivity index (χ4n) is 2.79. The Labute approximate surface area is 149 Å². The Morgan fingerprint density at radius 1 is 0.840 bits per heavy atom. The second-order valence-corrected chi connectivity index (χ2v) is 6.77. The average Bonchev–Trinajstić information content (AvgIpc) is 3.04. The van der Waals surface area contributed by atoms with Crippen LogP contribution in [0, 0.1) is 0 Å². The third kappa shape index (κ3) is 3.12. The molecule has 0 saturated carbocycles. The van der Waals surface area contributed by atoms with Crippen LogP contribution in [0.4, 0.5) is 23.1 Å². The minimum absolute atomic E-state index is 0.210. The van der Waals surface area contributed by atoms with Crippen LogP contribution in [0.5, 0.6) is 0 Å². The molecule has 4 rings (SSSR count). The monoisotopic (exact) mass is 347 g/mol. The Bertz CT molecular complexity index is 959. The van der Waals surface area contributed by atoms with Gasteiger partial charge in [0.2, 0.25) is 5.95 Å². The van der Waals surface area contributed by atoms with Crippen molar-refractivity contribution in [3.05, 3.63) is 71.6 Å². The Balaban J connectivity index is 1.75. The number of nitrogens with two attached hydrogens (primary N) is 2. The molecule has 6 heteroatoms. The molecule has 0 aliphatic heterocycles. The maximum absolute atomic E-state index is 5.99. The van der Waals surface area contributed by atoms with Crippen molar-refractivity contribution in [1.29, 1.82) is 0 Å². The van der Waals surface area contributed by atoms with E-state index in [-0.39, 0.29) is 5.95 Å². The fourth-order valence-corrected chi connectivity index (χ4v) is 3.82. The lowest BCUT2D eigenvalue weighted by atomic mass is 10.2. The number of aromatic nitrogens is 2. The van der Waals surface area contributed by atoms with Crippen molar-refractivity contribution in [2.24, 2.45) is 0 Å². The van der Waals surface area contributed by atoms with Crippen LogP contribution in [-0.2, 0) is 6.54 Å². The van der Waals surface area contributed by atoms with Gasteiger partial charge in [-0.2, -0.15) is 4.98 Å². The summed E-state index contributed by atoms with van der Waals surface area (Å²) in [6, 6.07) is 22.7. The average molecular weight is 347 g/mol. The molecule has 0 amide bonds. The quantitative estimate of drug-likeness (QED) is 0.578. The molecule has 0 spiro atoms. The summed E-state index contributed by atoms with van der Waals surface area (Å²) in [4.78, 5) is 12.6. The summed E-state index contributed by atoms with van der Waals surface area (Å²) in [6.07, 6.45) is 0. The molecule has 0 atom stereocenters. The molecule has 2 aromatic heterocycles. The highest BCUT2D eigenvalue weighted by molar-refractivity contribution is 7.18. The number of fused-ring (bicyclic) bond motifs is 1. The lowest BCUT2D eigenvalue weighted by molar-refractivity contribution is 0.997. The Hall–Kier alpha value is -3.12. The Kier molecular flexibility index (Phi) is 3.95. The van der Waals surface area contributed by atoms with Gasteiger partial charge in [-0.05, 0) is 30.3 Å². The van der Waals surface area contributed by atoms with Gasteiger partial charge in [0.25, 0.3) is 0 Å². The number of benzene rings is 2. The van der Waals surface area contributed by atoms with Gasteiger partial charge in [0, 0.05) is 16.3 Å². The van der Waals surface area contributed by atoms with Crippen molar-refractivity contribution >= 4 is 44.7 Å². The van der Waals surface area contributed by atoms with E-state index in [0.29, 0.717) is 12.4 Å². The van der Waals surface area contributed by atoms with Crippen LogP contribution in [0.2, 0.25) is 0 Å². The van der Waals surface area contributed by atoms with Crippen LogP contribution in [0.3, 0.4) is 0 Å². The van der Waals surface area contributed by atoms with E-state index in [1.165, 1.54) is 0 Å². The van der Waals surface area contributed by atoms with Crippen LogP contribution >= 0.6 is 11.3 Å². The summed E-state index contributed by atoms with van der Waals surface area (Å²) in [5.74, 6) is 0.636. The summed E-state index contributed by atoms with van der Waals surface area (Å²) >= 11 is 1.59. The van der Waals surface area contributed by atoms with Gasteiger partial charge < -0.3 is 16.4 Å². The van der Waals surface area contributed by atoms with E-state index in [1.807, 2.05) is 42.5 Å². The van der Waals surface area contributed by atoms with Gasteiger partial charge in [-0.1, -0.05) is 36.4 Å². The molecule has 5 nitrogen and oxygen atoms in total. The lowest BCUT2D eigenvalue weighted by Crippen LogP contribution is -2.15. The number of nitrogens with zero attached hydrogens (tertiary/aromatic N) is 3. The SMILES string of the molecule is Nc1nc(N)c2cc(CN(c3ccccc3)c3ccccc3)sc2n1. The van der Waals surface area contributed by atoms with Gasteiger partial charge in [0.1, 0.15) is 10.6 Å². The lowest BCUT2D eigenvalue weighted by Gasteiger charge is -2.24. The van der Waals surface area contributed by atoms with Crippen molar-refractivity contribution in [1.82, 2.24) is 9.97 Å². The van der Waals surface area contributed by atoms with Crippen molar-refractivity contribution in [2.75, 3.05) is 16.4 Å². The van der Waals surface area contributed by atoms with Gasteiger partial charge >= 0.3 is 0 Å². The summed E-state index contributed by atoms with van der Waals surface area (Å²) in [6.45, 7) is 0.717. The minimum atomic E-state index is 0.210. The maximum Gasteiger partial charge on any atom is 0.223 e. The third-order valence-electron chi connectivity index (χ3n) is 3.94. The molecule has 0 radical (unpaired) electrons. The zero-order valence-electron chi connectivity index (χ0n) is 13.5. The van der Waals surface area contributed by atoms with Crippen molar-refractivity contribution in [3.63, 3.8) is 0 Å². The highest BCUT2D eigenvalue weighted by Gasteiger charge is 2.14. The van der Waals surface area contributed by atoms with Crippen molar-refractivity contribution < 1.29 is 0 Å². The van der Waals surface area contributed by atoms with Crippen molar-refractivity contribution in [2.45, 2.75) is 6.54 Å².